The van der Waals surface area contributed by atoms with Crippen LogP contribution in [0.5, 0.6) is 11.5 Å². The second-order valence-electron chi connectivity index (χ2n) is 8.28. The van der Waals surface area contributed by atoms with Gasteiger partial charge in [-0.2, -0.15) is 5.10 Å². The van der Waals surface area contributed by atoms with Crippen molar-refractivity contribution in [2.45, 2.75) is 25.4 Å². The van der Waals surface area contributed by atoms with Gasteiger partial charge in [0.15, 0.2) is 5.78 Å². The topological polar surface area (TPSA) is 99.7 Å². The number of carbonyl (C=O) groups excluding carboxylic acids is 2. The molecule has 0 bridgehead atoms. The number of benzene rings is 1. The molecule has 1 saturated heterocycles. The van der Waals surface area contributed by atoms with Crippen LogP contribution in [0, 0.1) is 5.92 Å². The SMILES string of the molecule is COc1ccc2c(c1)C(=O)C[C@H]([C@H]1CCCN(C(=O)c3cc(-c4cnn(C)c4)no3)C1)O2. The van der Waals surface area contributed by atoms with Crippen LogP contribution in [-0.4, -0.2) is 57.8 Å². The van der Waals surface area contributed by atoms with Gasteiger partial charge in [-0.3, -0.25) is 14.3 Å². The van der Waals surface area contributed by atoms with E-state index in [1.165, 1.54) is 0 Å². The maximum Gasteiger partial charge on any atom is 0.292 e. The first kappa shape index (κ1) is 20.3. The quantitative estimate of drug-likeness (QED) is 0.620. The molecule has 32 heavy (non-hydrogen) atoms. The summed E-state index contributed by atoms with van der Waals surface area (Å²) in [5, 5.41) is 8.14. The first-order valence-corrected chi connectivity index (χ1v) is 10.6. The summed E-state index contributed by atoms with van der Waals surface area (Å²) in [5.41, 5.74) is 1.91. The maximum atomic E-state index is 13.1. The van der Waals surface area contributed by atoms with E-state index in [2.05, 4.69) is 10.3 Å². The summed E-state index contributed by atoms with van der Waals surface area (Å²) < 4.78 is 18.4. The minimum absolute atomic E-state index is 0.0370. The summed E-state index contributed by atoms with van der Waals surface area (Å²) in [7, 11) is 3.39. The minimum atomic E-state index is -0.264. The Kier molecular flexibility index (Phi) is 5.16. The Morgan fingerprint density at radius 3 is 2.94 bits per heavy atom. The number of amides is 1. The van der Waals surface area contributed by atoms with Gasteiger partial charge in [0.25, 0.3) is 5.91 Å². The second kappa shape index (κ2) is 8.14. The molecule has 5 rings (SSSR count). The number of fused-ring (bicyclic) bond motifs is 1. The molecule has 1 fully saturated rings. The smallest absolute Gasteiger partial charge is 0.292 e. The van der Waals surface area contributed by atoms with Gasteiger partial charge in [-0.1, -0.05) is 5.16 Å². The highest BCUT2D eigenvalue weighted by Crippen LogP contribution is 2.35. The van der Waals surface area contributed by atoms with Crippen molar-refractivity contribution in [1.82, 2.24) is 19.8 Å². The number of ketones is 1. The summed E-state index contributed by atoms with van der Waals surface area (Å²) in [6.45, 7) is 1.14. The summed E-state index contributed by atoms with van der Waals surface area (Å²) in [6, 6.07) is 6.93. The Labute approximate surface area is 184 Å². The lowest BCUT2D eigenvalue weighted by molar-refractivity contribution is 0.0386. The summed E-state index contributed by atoms with van der Waals surface area (Å²) >= 11 is 0. The molecule has 0 radical (unpaired) electrons. The van der Waals surface area contributed by atoms with Crippen molar-refractivity contribution in [1.29, 1.82) is 0 Å². The molecule has 1 amide bonds. The monoisotopic (exact) mass is 436 g/mol. The van der Waals surface area contributed by atoms with Crippen LogP contribution in [0.15, 0.2) is 41.2 Å². The predicted octanol–water partition coefficient (Wildman–Crippen LogP) is 2.97. The van der Waals surface area contributed by atoms with Gasteiger partial charge in [-0.25, -0.2) is 0 Å². The molecule has 2 aliphatic heterocycles. The highest BCUT2D eigenvalue weighted by atomic mass is 16.5. The largest absolute Gasteiger partial charge is 0.497 e. The zero-order chi connectivity index (χ0) is 22.2. The minimum Gasteiger partial charge on any atom is -0.497 e. The third-order valence-corrected chi connectivity index (χ3v) is 6.14. The molecule has 2 aliphatic rings. The third kappa shape index (κ3) is 3.74. The highest BCUT2D eigenvalue weighted by Gasteiger charge is 2.37. The number of carbonyl (C=O) groups is 2. The first-order chi connectivity index (χ1) is 15.5. The fourth-order valence-electron chi connectivity index (χ4n) is 4.44. The summed E-state index contributed by atoms with van der Waals surface area (Å²) in [4.78, 5) is 27.6. The molecule has 1 aromatic carbocycles. The van der Waals surface area contributed by atoms with E-state index in [-0.39, 0.29) is 29.5 Å². The van der Waals surface area contributed by atoms with E-state index in [4.69, 9.17) is 14.0 Å². The maximum absolute atomic E-state index is 13.1. The molecular formula is C23H24N4O5. The molecule has 9 heteroatoms. The third-order valence-electron chi connectivity index (χ3n) is 6.14. The number of hydrogen-bond acceptors (Lipinski definition) is 7. The van der Waals surface area contributed by atoms with Crippen molar-refractivity contribution in [2.75, 3.05) is 20.2 Å². The van der Waals surface area contributed by atoms with E-state index in [0.717, 1.165) is 18.4 Å². The molecule has 3 aromatic rings. The number of piperidine rings is 1. The summed E-state index contributed by atoms with van der Waals surface area (Å²) in [5.74, 6) is 1.30. The Bertz CT molecular complexity index is 1170. The highest BCUT2D eigenvalue weighted by molar-refractivity contribution is 6.00. The number of aryl methyl sites for hydroxylation is 1. The number of hydrogen-bond donors (Lipinski definition) is 0. The number of Topliss-reactive ketones (excluding diaryl/α,β-unsaturated/α-hetero) is 1. The lowest BCUT2D eigenvalue weighted by Crippen LogP contribution is -2.46. The second-order valence-corrected chi connectivity index (χ2v) is 8.28. The van der Waals surface area contributed by atoms with Crippen molar-refractivity contribution in [2.24, 2.45) is 13.0 Å². The van der Waals surface area contributed by atoms with Crippen molar-refractivity contribution in [3.63, 3.8) is 0 Å². The van der Waals surface area contributed by atoms with Crippen molar-refractivity contribution < 1.29 is 23.6 Å². The summed E-state index contributed by atoms with van der Waals surface area (Å²) in [6.07, 6.45) is 5.25. The standard InChI is InChI=1S/C23H24N4O5/c1-26-12-15(11-24-26)18-9-22(32-25-18)23(29)27-7-3-4-14(13-27)21-10-19(28)17-8-16(30-2)5-6-20(17)31-21/h5-6,8-9,11-12,14,21H,3-4,7,10,13H2,1-2H3/t14-,21+/m0/s1. The number of nitrogens with zero attached hydrogens (tertiary/aromatic N) is 4. The van der Waals surface area contributed by atoms with Gasteiger partial charge in [0.2, 0.25) is 5.76 Å². The van der Waals surface area contributed by atoms with E-state index in [0.29, 0.717) is 42.3 Å². The lowest BCUT2D eigenvalue weighted by atomic mass is 9.86. The van der Waals surface area contributed by atoms with Gasteiger partial charge in [-0.15, -0.1) is 0 Å². The Hall–Kier alpha value is -3.62. The van der Waals surface area contributed by atoms with E-state index in [1.807, 2.05) is 13.2 Å². The van der Waals surface area contributed by atoms with Crippen molar-refractivity contribution in [3.05, 3.63) is 48.0 Å². The van der Waals surface area contributed by atoms with Gasteiger partial charge < -0.3 is 18.9 Å². The molecule has 0 saturated carbocycles. The van der Waals surface area contributed by atoms with Gasteiger partial charge in [-0.05, 0) is 31.0 Å². The average molecular weight is 436 g/mol. The lowest BCUT2D eigenvalue weighted by Gasteiger charge is -2.38. The van der Waals surface area contributed by atoms with Crippen LogP contribution in [0.2, 0.25) is 0 Å². The Morgan fingerprint density at radius 1 is 1.28 bits per heavy atom. The van der Waals surface area contributed by atoms with E-state index >= 15 is 0 Å². The first-order valence-electron chi connectivity index (χ1n) is 10.6. The normalized spacial score (nSPS) is 20.6. The van der Waals surface area contributed by atoms with Crippen LogP contribution in [0.4, 0.5) is 0 Å². The van der Waals surface area contributed by atoms with Crippen LogP contribution in [-0.2, 0) is 7.05 Å². The molecule has 0 N–H and O–H groups in total. The van der Waals surface area contributed by atoms with Crippen LogP contribution in [0.25, 0.3) is 11.3 Å². The zero-order valence-corrected chi connectivity index (χ0v) is 18.0. The molecular weight excluding hydrogens is 412 g/mol. The number of likely N-dealkylation sites (tertiary alicyclic amines) is 1. The molecule has 0 aliphatic carbocycles. The van der Waals surface area contributed by atoms with E-state index in [9.17, 15) is 9.59 Å². The Morgan fingerprint density at radius 2 is 2.16 bits per heavy atom. The molecule has 4 heterocycles. The molecule has 2 atom stereocenters. The predicted molar refractivity (Wildman–Crippen MR) is 114 cm³/mol. The van der Waals surface area contributed by atoms with Crippen LogP contribution in [0.3, 0.4) is 0 Å². The number of rotatable bonds is 4. The molecule has 166 valence electrons. The fourth-order valence-corrected chi connectivity index (χ4v) is 4.44. The molecule has 0 spiro atoms. The molecule has 0 unspecified atom stereocenters. The van der Waals surface area contributed by atoms with Crippen molar-refractivity contribution >= 4 is 11.7 Å². The number of methoxy groups -OCH3 is 1. The number of ether oxygens (including phenoxy) is 2. The van der Waals surface area contributed by atoms with E-state index < -0.39 is 0 Å². The van der Waals surface area contributed by atoms with Crippen LogP contribution < -0.4 is 9.47 Å². The molecule has 2 aromatic heterocycles. The van der Waals surface area contributed by atoms with Crippen LogP contribution in [0.1, 0.15) is 40.2 Å². The van der Waals surface area contributed by atoms with Gasteiger partial charge in [0.1, 0.15) is 23.3 Å². The molecule has 9 nitrogen and oxygen atoms in total. The zero-order valence-electron chi connectivity index (χ0n) is 18.0. The van der Waals surface area contributed by atoms with Crippen molar-refractivity contribution in [3.8, 4) is 22.8 Å². The number of aromatic nitrogens is 3. The van der Waals surface area contributed by atoms with Crippen LogP contribution >= 0.6 is 0 Å². The van der Waals surface area contributed by atoms with Gasteiger partial charge in [0, 0.05) is 50.3 Å². The Balaban J connectivity index is 1.29. The fraction of sp³-hybridized carbons (Fsp3) is 0.391. The average Bonchev–Trinajstić information content (AvgIpc) is 3.47. The van der Waals surface area contributed by atoms with Gasteiger partial charge >= 0.3 is 0 Å². The van der Waals surface area contributed by atoms with E-state index in [1.54, 1.807) is 47.2 Å². The van der Waals surface area contributed by atoms with Gasteiger partial charge in [0.05, 0.1) is 18.9 Å².